The van der Waals surface area contributed by atoms with Crippen LogP contribution in [-0.4, -0.2) is 13.0 Å². The molecule has 1 rings (SSSR count). The molecule has 0 saturated carbocycles. The average molecular weight is 257 g/mol. The zero-order chi connectivity index (χ0) is 10.6. The molecule has 0 spiro atoms. The van der Waals surface area contributed by atoms with Gasteiger partial charge in [-0.2, -0.15) is 0 Å². The van der Waals surface area contributed by atoms with Crippen molar-refractivity contribution in [2.24, 2.45) is 10.8 Å². The third kappa shape index (κ3) is 2.71. The van der Waals surface area contributed by atoms with E-state index in [-0.39, 0.29) is 0 Å². The van der Waals surface area contributed by atoms with Crippen LogP contribution in [0.5, 0.6) is 0 Å². The number of hydrogen-bond acceptors (Lipinski definition) is 2. The quantitative estimate of drug-likeness (QED) is 0.310. The molecule has 0 atom stereocenters. The molecule has 5 heteroatoms. The topological polar surface area (TPSA) is 62.4 Å². The van der Waals surface area contributed by atoms with Gasteiger partial charge in [-0.15, -0.1) is 0 Å². The highest BCUT2D eigenvalue weighted by Crippen LogP contribution is 2.19. The Hall–Kier alpha value is -1.07. The third-order valence-electron chi connectivity index (χ3n) is 1.78. The van der Waals surface area contributed by atoms with Crippen molar-refractivity contribution in [3.63, 3.8) is 0 Å². The first-order valence-electron chi connectivity index (χ1n) is 4.14. The number of benzene rings is 1. The van der Waals surface area contributed by atoms with Crippen LogP contribution in [0, 0.1) is 6.92 Å². The molecule has 14 heavy (non-hydrogen) atoms. The molecule has 76 valence electrons. The Morgan fingerprint density at radius 3 is 2.71 bits per heavy atom. The number of halogens is 1. The molecule has 0 aliphatic heterocycles. The van der Waals surface area contributed by atoms with Crippen molar-refractivity contribution < 1.29 is 0 Å². The number of nitrogens with one attached hydrogen (secondary N) is 2. The second-order valence-electron chi connectivity index (χ2n) is 2.81. The van der Waals surface area contributed by atoms with Gasteiger partial charge in [-0.1, -0.05) is 15.9 Å². The minimum atomic E-state index is 0.534. The molecule has 4 nitrogen and oxygen atoms in total. The van der Waals surface area contributed by atoms with Crippen LogP contribution in [0.15, 0.2) is 27.7 Å². The molecule has 0 aliphatic carbocycles. The largest absolute Gasteiger partial charge is 0.325 e. The number of hydrazine groups is 1. The van der Waals surface area contributed by atoms with Crippen LogP contribution >= 0.6 is 15.9 Å². The van der Waals surface area contributed by atoms with Crippen LogP contribution in [0.2, 0.25) is 0 Å². The Morgan fingerprint density at radius 2 is 2.21 bits per heavy atom. The van der Waals surface area contributed by atoms with E-state index in [4.69, 9.17) is 5.84 Å². The fourth-order valence-electron chi connectivity index (χ4n) is 1.02. The lowest BCUT2D eigenvalue weighted by Gasteiger charge is -2.09. The highest BCUT2D eigenvalue weighted by Gasteiger charge is 1.99. The van der Waals surface area contributed by atoms with Gasteiger partial charge in [0.05, 0.1) is 0 Å². The monoisotopic (exact) mass is 256 g/mol. The van der Waals surface area contributed by atoms with Crippen molar-refractivity contribution in [2.75, 3.05) is 12.4 Å². The summed E-state index contributed by atoms with van der Waals surface area (Å²) in [6.07, 6.45) is 0. The van der Waals surface area contributed by atoms with Gasteiger partial charge in [0.15, 0.2) is 0 Å². The van der Waals surface area contributed by atoms with Gasteiger partial charge in [0.2, 0.25) is 5.96 Å². The molecule has 0 bridgehead atoms. The van der Waals surface area contributed by atoms with E-state index >= 15 is 0 Å². The number of anilines is 1. The molecule has 0 saturated heterocycles. The van der Waals surface area contributed by atoms with Gasteiger partial charge < -0.3 is 5.32 Å². The molecule has 1 aromatic carbocycles. The summed E-state index contributed by atoms with van der Waals surface area (Å²) in [6, 6.07) is 5.92. The predicted molar refractivity (Wildman–Crippen MR) is 63.2 cm³/mol. The normalized spacial score (nSPS) is 11.3. The van der Waals surface area contributed by atoms with Gasteiger partial charge in [-0.05, 0) is 30.7 Å². The molecule has 1 aromatic rings. The van der Waals surface area contributed by atoms with Crippen molar-refractivity contribution in [1.82, 2.24) is 5.43 Å². The molecular formula is C9H13BrN4. The lowest BCUT2D eigenvalue weighted by molar-refractivity contribution is 1.01. The van der Waals surface area contributed by atoms with Crippen LogP contribution in [0.4, 0.5) is 5.69 Å². The number of rotatable bonds is 1. The summed E-state index contributed by atoms with van der Waals surface area (Å²) in [5.41, 5.74) is 4.56. The standard InChI is InChI=1S/C9H13BrN4/c1-6-5-7(3-4-8(6)10)13-9(12-2)14-11/h3-5H,11H2,1-2H3,(H2,12,13,14). The van der Waals surface area contributed by atoms with E-state index in [0.717, 1.165) is 15.7 Å². The maximum Gasteiger partial charge on any atom is 0.209 e. The number of hydrogen-bond donors (Lipinski definition) is 3. The minimum absolute atomic E-state index is 0.534. The number of aryl methyl sites for hydroxylation is 1. The number of nitrogens with two attached hydrogens (primary N) is 1. The van der Waals surface area contributed by atoms with Crippen LogP contribution in [0.1, 0.15) is 5.56 Å². The summed E-state index contributed by atoms with van der Waals surface area (Å²) in [4.78, 5) is 3.91. The fourth-order valence-corrected chi connectivity index (χ4v) is 1.26. The van der Waals surface area contributed by atoms with Crippen molar-refractivity contribution >= 4 is 27.6 Å². The average Bonchev–Trinajstić information content (AvgIpc) is 2.19. The van der Waals surface area contributed by atoms with Crippen molar-refractivity contribution in [3.8, 4) is 0 Å². The molecule has 0 heterocycles. The van der Waals surface area contributed by atoms with Gasteiger partial charge in [-0.3, -0.25) is 10.4 Å². The summed E-state index contributed by atoms with van der Waals surface area (Å²) >= 11 is 3.43. The van der Waals surface area contributed by atoms with E-state index in [9.17, 15) is 0 Å². The Kier molecular flexibility index (Phi) is 3.91. The first kappa shape index (κ1) is 11.0. The summed E-state index contributed by atoms with van der Waals surface area (Å²) in [7, 11) is 1.66. The van der Waals surface area contributed by atoms with Gasteiger partial charge >= 0.3 is 0 Å². The van der Waals surface area contributed by atoms with E-state index in [1.807, 2.05) is 25.1 Å². The van der Waals surface area contributed by atoms with Crippen LogP contribution in [-0.2, 0) is 0 Å². The SMILES string of the molecule is CN=C(NN)Nc1ccc(Br)c(C)c1. The summed E-state index contributed by atoms with van der Waals surface area (Å²) in [5.74, 6) is 5.78. The second-order valence-corrected chi connectivity index (χ2v) is 3.66. The molecule has 0 fully saturated rings. The van der Waals surface area contributed by atoms with E-state index < -0.39 is 0 Å². The molecule has 0 aromatic heterocycles. The molecule has 0 radical (unpaired) electrons. The highest BCUT2D eigenvalue weighted by atomic mass is 79.9. The van der Waals surface area contributed by atoms with Crippen LogP contribution in [0.25, 0.3) is 0 Å². The highest BCUT2D eigenvalue weighted by molar-refractivity contribution is 9.10. The first-order valence-corrected chi connectivity index (χ1v) is 4.93. The summed E-state index contributed by atoms with van der Waals surface area (Å²) < 4.78 is 1.08. The summed E-state index contributed by atoms with van der Waals surface area (Å²) in [6.45, 7) is 2.02. The first-order chi connectivity index (χ1) is 6.67. The lowest BCUT2D eigenvalue weighted by atomic mass is 10.2. The maximum absolute atomic E-state index is 5.25. The maximum atomic E-state index is 5.25. The van der Waals surface area contributed by atoms with Gasteiger partial charge in [0.1, 0.15) is 0 Å². The Balaban J connectivity index is 2.82. The second kappa shape index (κ2) is 4.97. The van der Waals surface area contributed by atoms with Crippen LogP contribution < -0.4 is 16.6 Å². The zero-order valence-corrected chi connectivity index (χ0v) is 9.72. The lowest BCUT2D eigenvalue weighted by Crippen LogP contribution is -2.36. The van der Waals surface area contributed by atoms with Crippen molar-refractivity contribution in [1.29, 1.82) is 0 Å². The van der Waals surface area contributed by atoms with Crippen molar-refractivity contribution in [2.45, 2.75) is 6.92 Å². The third-order valence-corrected chi connectivity index (χ3v) is 2.67. The smallest absolute Gasteiger partial charge is 0.209 e. The Labute approximate surface area is 91.7 Å². The predicted octanol–water partition coefficient (Wildman–Crippen LogP) is 1.62. The molecule has 0 aliphatic rings. The molecule has 4 N–H and O–H groups in total. The number of guanidine groups is 1. The van der Waals surface area contributed by atoms with Crippen LogP contribution in [0.3, 0.4) is 0 Å². The van der Waals surface area contributed by atoms with E-state index in [2.05, 4.69) is 31.7 Å². The molecular weight excluding hydrogens is 244 g/mol. The minimum Gasteiger partial charge on any atom is -0.325 e. The number of nitrogens with zero attached hydrogens (tertiary/aromatic N) is 1. The van der Waals surface area contributed by atoms with E-state index in [0.29, 0.717) is 5.96 Å². The molecule has 0 amide bonds. The van der Waals surface area contributed by atoms with Gasteiger partial charge in [0.25, 0.3) is 0 Å². The fraction of sp³-hybridized carbons (Fsp3) is 0.222. The van der Waals surface area contributed by atoms with Gasteiger partial charge in [-0.25, -0.2) is 5.84 Å². The van der Waals surface area contributed by atoms with E-state index in [1.165, 1.54) is 0 Å². The van der Waals surface area contributed by atoms with Gasteiger partial charge in [0, 0.05) is 17.2 Å². The zero-order valence-electron chi connectivity index (χ0n) is 8.13. The van der Waals surface area contributed by atoms with Crippen molar-refractivity contribution in [3.05, 3.63) is 28.2 Å². The number of aliphatic imine (C=N–C) groups is 1. The summed E-state index contributed by atoms with van der Waals surface area (Å²) in [5, 5.41) is 3.04. The Morgan fingerprint density at radius 1 is 1.50 bits per heavy atom. The Bertz CT molecular complexity index is 349. The molecule has 0 unspecified atom stereocenters. The van der Waals surface area contributed by atoms with E-state index in [1.54, 1.807) is 7.05 Å².